The molecule has 1 N–H and O–H groups in total. The summed E-state index contributed by atoms with van der Waals surface area (Å²) in [4.78, 5) is 11.9. The van der Waals surface area contributed by atoms with E-state index in [2.05, 4.69) is 6.92 Å². The van der Waals surface area contributed by atoms with Gasteiger partial charge >= 0.3 is 5.97 Å². The van der Waals surface area contributed by atoms with Gasteiger partial charge in [-0.2, -0.15) is 0 Å². The van der Waals surface area contributed by atoms with Gasteiger partial charge in [-0.3, -0.25) is 4.79 Å². The fourth-order valence-electron chi connectivity index (χ4n) is 1.51. The highest BCUT2D eigenvalue weighted by atomic mass is 16.5. The van der Waals surface area contributed by atoms with Gasteiger partial charge in [0.05, 0.1) is 12.0 Å². The van der Waals surface area contributed by atoms with Crippen LogP contribution in [-0.2, 0) is 9.53 Å². The van der Waals surface area contributed by atoms with E-state index in [1.807, 2.05) is 27.7 Å². The lowest BCUT2D eigenvalue weighted by Crippen LogP contribution is -2.28. The molecule has 3 nitrogen and oxygen atoms in total. The van der Waals surface area contributed by atoms with Crippen LogP contribution >= 0.6 is 0 Å². The van der Waals surface area contributed by atoms with Crippen molar-refractivity contribution in [2.45, 2.75) is 53.9 Å². The van der Waals surface area contributed by atoms with Crippen LogP contribution in [0.4, 0.5) is 0 Å². The maximum Gasteiger partial charge on any atom is 0.311 e. The van der Waals surface area contributed by atoms with E-state index < -0.39 is 5.41 Å². The quantitative estimate of drug-likeness (QED) is 0.668. The van der Waals surface area contributed by atoms with Gasteiger partial charge < -0.3 is 9.84 Å². The van der Waals surface area contributed by atoms with E-state index in [9.17, 15) is 4.79 Å². The van der Waals surface area contributed by atoms with Gasteiger partial charge in [0.2, 0.25) is 0 Å². The molecule has 0 bridgehead atoms. The maximum absolute atomic E-state index is 11.9. The van der Waals surface area contributed by atoms with Gasteiger partial charge in [0, 0.05) is 6.61 Å². The van der Waals surface area contributed by atoms with Crippen molar-refractivity contribution in [2.24, 2.45) is 17.3 Å². The molecule has 0 radical (unpaired) electrons. The molecule has 0 spiro atoms. The Bertz CT molecular complexity index is 222. The average molecular weight is 244 g/mol. The van der Waals surface area contributed by atoms with Crippen LogP contribution in [0.5, 0.6) is 0 Å². The second-order valence-electron chi connectivity index (χ2n) is 6.03. The molecule has 0 saturated carbocycles. The Balaban J connectivity index is 4.04. The molecule has 0 aromatic heterocycles. The van der Waals surface area contributed by atoms with Crippen molar-refractivity contribution in [1.82, 2.24) is 0 Å². The minimum Gasteiger partial charge on any atom is -0.465 e. The summed E-state index contributed by atoms with van der Waals surface area (Å²) in [5, 5.41) is 8.83. The molecule has 17 heavy (non-hydrogen) atoms. The zero-order chi connectivity index (χ0) is 13.5. The highest BCUT2D eigenvalue weighted by Gasteiger charge is 2.29. The zero-order valence-corrected chi connectivity index (χ0v) is 12.0. The molecule has 0 aromatic rings. The van der Waals surface area contributed by atoms with Crippen molar-refractivity contribution < 1.29 is 14.6 Å². The molecule has 0 heterocycles. The number of hydrogen-bond acceptors (Lipinski definition) is 3. The molecular formula is C14H28O3. The van der Waals surface area contributed by atoms with E-state index in [4.69, 9.17) is 9.84 Å². The van der Waals surface area contributed by atoms with Crippen LogP contribution in [0, 0.1) is 17.3 Å². The first kappa shape index (κ1) is 16.4. The topological polar surface area (TPSA) is 46.5 Å². The highest BCUT2D eigenvalue weighted by Crippen LogP contribution is 2.27. The standard InChI is InChI=1S/C14H28O3/c1-11(2)10-17-13(16)14(4,5)8-6-12(3)7-9-15/h11-12,15H,6-10H2,1-5H3. The lowest BCUT2D eigenvalue weighted by Gasteiger charge is -2.24. The van der Waals surface area contributed by atoms with E-state index in [1.54, 1.807) is 0 Å². The number of rotatable bonds is 8. The van der Waals surface area contributed by atoms with E-state index >= 15 is 0 Å². The third kappa shape index (κ3) is 7.37. The Morgan fingerprint density at radius 2 is 1.82 bits per heavy atom. The van der Waals surface area contributed by atoms with Crippen LogP contribution < -0.4 is 0 Å². The van der Waals surface area contributed by atoms with Crippen molar-refractivity contribution in [3.8, 4) is 0 Å². The Kier molecular flexibility index (Phi) is 7.44. The first-order chi connectivity index (χ1) is 7.79. The van der Waals surface area contributed by atoms with Gasteiger partial charge in [-0.05, 0) is 44.9 Å². The first-order valence-corrected chi connectivity index (χ1v) is 6.57. The Hall–Kier alpha value is -0.570. The molecular weight excluding hydrogens is 216 g/mol. The van der Waals surface area contributed by atoms with Gasteiger partial charge in [-0.15, -0.1) is 0 Å². The second-order valence-corrected chi connectivity index (χ2v) is 6.03. The second kappa shape index (κ2) is 7.70. The maximum atomic E-state index is 11.9. The molecule has 0 aliphatic heterocycles. The van der Waals surface area contributed by atoms with Gasteiger partial charge in [0.15, 0.2) is 0 Å². The van der Waals surface area contributed by atoms with Crippen LogP contribution in [-0.4, -0.2) is 24.3 Å². The summed E-state index contributed by atoms with van der Waals surface area (Å²) >= 11 is 0. The average Bonchev–Trinajstić information content (AvgIpc) is 2.23. The van der Waals surface area contributed by atoms with Crippen molar-refractivity contribution in [3.05, 3.63) is 0 Å². The number of ether oxygens (including phenoxy) is 1. The number of carbonyl (C=O) groups excluding carboxylic acids is 1. The third-order valence-electron chi connectivity index (χ3n) is 2.98. The molecule has 0 aromatic carbocycles. The smallest absolute Gasteiger partial charge is 0.311 e. The van der Waals surface area contributed by atoms with Crippen LogP contribution in [0.2, 0.25) is 0 Å². The van der Waals surface area contributed by atoms with E-state index in [-0.39, 0.29) is 12.6 Å². The molecule has 0 aliphatic rings. The van der Waals surface area contributed by atoms with E-state index in [0.717, 1.165) is 19.3 Å². The summed E-state index contributed by atoms with van der Waals surface area (Å²) in [5.74, 6) is 0.725. The lowest BCUT2D eigenvalue weighted by atomic mass is 9.84. The minimum absolute atomic E-state index is 0.109. The van der Waals surface area contributed by atoms with Gasteiger partial charge in [-0.25, -0.2) is 0 Å². The number of aliphatic hydroxyl groups excluding tert-OH is 1. The summed E-state index contributed by atoms with van der Waals surface area (Å²) in [5.41, 5.74) is -0.418. The summed E-state index contributed by atoms with van der Waals surface area (Å²) in [7, 11) is 0. The summed E-state index contributed by atoms with van der Waals surface area (Å²) in [6.45, 7) is 10.7. The van der Waals surface area contributed by atoms with Gasteiger partial charge in [0.1, 0.15) is 0 Å². The summed E-state index contributed by atoms with van der Waals surface area (Å²) in [6, 6.07) is 0. The predicted molar refractivity (Wildman–Crippen MR) is 69.7 cm³/mol. The van der Waals surface area contributed by atoms with Crippen molar-refractivity contribution in [2.75, 3.05) is 13.2 Å². The molecule has 1 unspecified atom stereocenters. The van der Waals surface area contributed by atoms with Crippen LogP contribution in [0.3, 0.4) is 0 Å². The Labute approximate surface area is 106 Å². The Morgan fingerprint density at radius 1 is 1.24 bits per heavy atom. The van der Waals surface area contributed by atoms with Crippen LogP contribution in [0.1, 0.15) is 53.9 Å². The van der Waals surface area contributed by atoms with Crippen LogP contribution in [0.15, 0.2) is 0 Å². The summed E-state index contributed by atoms with van der Waals surface area (Å²) < 4.78 is 5.27. The summed E-state index contributed by atoms with van der Waals surface area (Å²) in [6.07, 6.45) is 2.56. The number of aliphatic hydroxyl groups is 1. The number of esters is 1. The normalized spacial score (nSPS) is 13.8. The molecule has 0 rings (SSSR count). The minimum atomic E-state index is -0.418. The fraction of sp³-hybridized carbons (Fsp3) is 0.929. The van der Waals surface area contributed by atoms with Gasteiger partial charge in [-0.1, -0.05) is 20.8 Å². The van der Waals surface area contributed by atoms with Crippen molar-refractivity contribution in [1.29, 1.82) is 0 Å². The molecule has 102 valence electrons. The predicted octanol–water partition coefficient (Wildman–Crippen LogP) is 3.01. The van der Waals surface area contributed by atoms with E-state index in [1.165, 1.54) is 0 Å². The van der Waals surface area contributed by atoms with Crippen LogP contribution in [0.25, 0.3) is 0 Å². The zero-order valence-electron chi connectivity index (χ0n) is 12.0. The molecule has 3 heteroatoms. The Morgan fingerprint density at radius 3 is 2.29 bits per heavy atom. The van der Waals surface area contributed by atoms with Gasteiger partial charge in [0.25, 0.3) is 0 Å². The number of carbonyl (C=O) groups is 1. The fourth-order valence-corrected chi connectivity index (χ4v) is 1.51. The highest BCUT2D eigenvalue weighted by molar-refractivity contribution is 5.75. The van der Waals surface area contributed by atoms with Crippen molar-refractivity contribution in [3.63, 3.8) is 0 Å². The monoisotopic (exact) mass is 244 g/mol. The molecule has 0 fully saturated rings. The van der Waals surface area contributed by atoms with E-state index in [0.29, 0.717) is 18.4 Å². The van der Waals surface area contributed by atoms with Crippen molar-refractivity contribution >= 4 is 5.97 Å². The molecule has 0 saturated heterocycles. The first-order valence-electron chi connectivity index (χ1n) is 6.57. The number of hydrogen-bond donors (Lipinski definition) is 1. The molecule has 0 amide bonds. The largest absolute Gasteiger partial charge is 0.465 e. The lowest BCUT2D eigenvalue weighted by molar-refractivity contribution is -0.155. The third-order valence-corrected chi connectivity index (χ3v) is 2.98. The SMILES string of the molecule is CC(C)COC(=O)C(C)(C)CCC(C)CCO. The molecule has 1 atom stereocenters. The molecule has 0 aliphatic carbocycles.